The maximum atomic E-state index is 12.5. The highest BCUT2D eigenvalue weighted by Gasteiger charge is 2.17. The second-order valence-electron chi connectivity index (χ2n) is 4.09. The van der Waals surface area contributed by atoms with Crippen LogP contribution in [0.1, 0.15) is 31.3 Å². The SMILES string of the molecule is FC(F)c1cc(Br)nc(NCC2CCC2)c1. The van der Waals surface area contributed by atoms with Gasteiger partial charge in [0, 0.05) is 12.1 Å². The van der Waals surface area contributed by atoms with Crippen molar-refractivity contribution in [3.05, 3.63) is 22.3 Å². The highest BCUT2D eigenvalue weighted by atomic mass is 79.9. The molecule has 1 N–H and O–H groups in total. The Balaban J connectivity index is 2.01. The minimum atomic E-state index is -2.46. The Labute approximate surface area is 102 Å². The van der Waals surface area contributed by atoms with Crippen molar-refractivity contribution < 1.29 is 8.78 Å². The fraction of sp³-hybridized carbons (Fsp3) is 0.545. The Hall–Kier alpha value is -0.710. The summed E-state index contributed by atoms with van der Waals surface area (Å²) in [5, 5.41) is 3.11. The van der Waals surface area contributed by atoms with E-state index < -0.39 is 6.43 Å². The lowest BCUT2D eigenvalue weighted by atomic mass is 9.85. The quantitative estimate of drug-likeness (QED) is 0.848. The van der Waals surface area contributed by atoms with E-state index >= 15 is 0 Å². The van der Waals surface area contributed by atoms with E-state index in [0.717, 1.165) is 6.54 Å². The lowest BCUT2D eigenvalue weighted by molar-refractivity contribution is 0.151. The average molecular weight is 291 g/mol. The summed E-state index contributed by atoms with van der Waals surface area (Å²) in [5.74, 6) is 1.20. The molecule has 0 spiro atoms. The van der Waals surface area contributed by atoms with Gasteiger partial charge < -0.3 is 5.32 Å². The van der Waals surface area contributed by atoms with Crippen molar-refractivity contribution >= 4 is 21.7 Å². The molecule has 2 rings (SSSR count). The number of pyridine rings is 1. The molecule has 16 heavy (non-hydrogen) atoms. The summed E-state index contributed by atoms with van der Waals surface area (Å²) in [6.45, 7) is 0.826. The summed E-state index contributed by atoms with van der Waals surface area (Å²) in [5.41, 5.74) is -0.00187. The first-order chi connectivity index (χ1) is 7.65. The molecule has 2 nitrogen and oxygen atoms in total. The van der Waals surface area contributed by atoms with Crippen LogP contribution in [0.25, 0.3) is 0 Å². The molecule has 1 heterocycles. The van der Waals surface area contributed by atoms with Crippen molar-refractivity contribution in [1.82, 2.24) is 4.98 Å². The summed E-state index contributed by atoms with van der Waals surface area (Å²) < 4.78 is 25.5. The summed E-state index contributed by atoms with van der Waals surface area (Å²) in [6.07, 6.45) is 1.27. The molecule has 1 aliphatic rings. The van der Waals surface area contributed by atoms with Crippen LogP contribution in [0.5, 0.6) is 0 Å². The van der Waals surface area contributed by atoms with Gasteiger partial charge in [-0.05, 0) is 46.8 Å². The monoisotopic (exact) mass is 290 g/mol. The van der Waals surface area contributed by atoms with Gasteiger partial charge in [-0.1, -0.05) is 6.42 Å². The maximum Gasteiger partial charge on any atom is 0.264 e. The highest BCUT2D eigenvalue weighted by Crippen LogP contribution is 2.28. The van der Waals surface area contributed by atoms with E-state index in [0.29, 0.717) is 16.3 Å². The molecule has 88 valence electrons. The van der Waals surface area contributed by atoms with Gasteiger partial charge in [-0.3, -0.25) is 0 Å². The van der Waals surface area contributed by atoms with Crippen molar-refractivity contribution in [2.45, 2.75) is 25.7 Å². The van der Waals surface area contributed by atoms with Crippen LogP contribution in [0.15, 0.2) is 16.7 Å². The van der Waals surface area contributed by atoms with Crippen LogP contribution in [0.3, 0.4) is 0 Å². The minimum Gasteiger partial charge on any atom is -0.370 e. The van der Waals surface area contributed by atoms with Gasteiger partial charge in [0.15, 0.2) is 0 Å². The van der Waals surface area contributed by atoms with Crippen LogP contribution < -0.4 is 5.32 Å². The van der Waals surface area contributed by atoms with Gasteiger partial charge in [0.05, 0.1) is 0 Å². The van der Waals surface area contributed by atoms with Gasteiger partial charge in [0.2, 0.25) is 0 Å². The smallest absolute Gasteiger partial charge is 0.264 e. The van der Waals surface area contributed by atoms with E-state index in [2.05, 4.69) is 26.2 Å². The third kappa shape index (κ3) is 2.90. The molecule has 0 aromatic carbocycles. The maximum absolute atomic E-state index is 12.5. The van der Waals surface area contributed by atoms with Gasteiger partial charge in [0.25, 0.3) is 6.43 Å². The van der Waals surface area contributed by atoms with Gasteiger partial charge in [-0.25, -0.2) is 13.8 Å². The number of hydrogen-bond donors (Lipinski definition) is 1. The third-order valence-electron chi connectivity index (χ3n) is 2.86. The molecule has 0 atom stereocenters. The molecule has 1 aromatic heterocycles. The number of aromatic nitrogens is 1. The predicted octanol–water partition coefficient (Wildman–Crippen LogP) is 3.99. The molecule has 0 bridgehead atoms. The topological polar surface area (TPSA) is 24.9 Å². The Morgan fingerprint density at radius 1 is 1.44 bits per heavy atom. The Kier molecular flexibility index (Phi) is 3.74. The van der Waals surface area contributed by atoms with Crippen molar-refractivity contribution in [2.24, 2.45) is 5.92 Å². The largest absolute Gasteiger partial charge is 0.370 e. The third-order valence-corrected chi connectivity index (χ3v) is 3.27. The number of halogens is 3. The van der Waals surface area contributed by atoms with Crippen LogP contribution >= 0.6 is 15.9 Å². The van der Waals surface area contributed by atoms with E-state index in [-0.39, 0.29) is 5.56 Å². The molecule has 0 amide bonds. The van der Waals surface area contributed by atoms with E-state index in [1.54, 1.807) is 0 Å². The Bertz CT molecular complexity index is 367. The van der Waals surface area contributed by atoms with E-state index in [1.165, 1.54) is 31.4 Å². The van der Waals surface area contributed by atoms with Gasteiger partial charge in [-0.15, -0.1) is 0 Å². The first-order valence-electron chi connectivity index (χ1n) is 5.34. The molecule has 0 aliphatic heterocycles. The zero-order chi connectivity index (χ0) is 11.5. The molecular formula is C11H13BrF2N2. The van der Waals surface area contributed by atoms with Crippen molar-refractivity contribution in [2.75, 3.05) is 11.9 Å². The van der Waals surface area contributed by atoms with Gasteiger partial charge >= 0.3 is 0 Å². The molecule has 0 saturated heterocycles. The Morgan fingerprint density at radius 3 is 2.75 bits per heavy atom. The number of hydrogen-bond acceptors (Lipinski definition) is 2. The summed E-state index contributed by atoms with van der Waals surface area (Å²) in [6, 6.07) is 2.76. The predicted molar refractivity (Wildman–Crippen MR) is 62.7 cm³/mol. The van der Waals surface area contributed by atoms with Crippen molar-refractivity contribution in [3.8, 4) is 0 Å². The average Bonchev–Trinajstić information content (AvgIpc) is 2.14. The first kappa shape index (κ1) is 11.8. The minimum absolute atomic E-state index is 0.00187. The molecule has 1 saturated carbocycles. The van der Waals surface area contributed by atoms with E-state index in [9.17, 15) is 8.78 Å². The fourth-order valence-corrected chi connectivity index (χ4v) is 2.13. The van der Waals surface area contributed by atoms with Crippen LogP contribution in [-0.4, -0.2) is 11.5 Å². The lowest BCUT2D eigenvalue weighted by Gasteiger charge is -2.25. The summed E-state index contributed by atoms with van der Waals surface area (Å²) in [7, 11) is 0. The second kappa shape index (κ2) is 5.08. The molecule has 0 unspecified atom stereocenters. The number of nitrogens with one attached hydrogen (secondary N) is 1. The van der Waals surface area contributed by atoms with Crippen LogP contribution in [0.2, 0.25) is 0 Å². The van der Waals surface area contributed by atoms with Crippen molar-refractivity contribution in [1.29, 1.82) is 0 Å². The van der Waals surface area contributed by atoms with E-state index in [1.807, 2.05) is 0 Å². The standard InChI is InChI=1S/C11H13BrF2N2/c12-9-4-8(11(13)14)5-10(16-9)15-6-7-2-1-3-7/h4-5,7,11H,1-3,6H2,(H,15,16). The second-order valence-corrected chi connectivity index (χ2v) is 4.90. The number of anilines is 1. The van der Waals surface area contributed by atoms with Crippen LogP contribution in [-0.2, 0) is 0 Å². The van der Waals surface area contributed by atoms with Crippen molar-refractivity contribution in [3.63, 3.8) is 0 Å². The summed E-state index contributed by atoms with van der Waals surface area (Å²) >= 11 is 3.13. The molecule has 1 aliphatic carbocycles. The van der Waals surface area contributed by atoms with Crippen LogP contribution in [0, 0.1) is 5.92 Å². The lowest BCUT2D eigenvalue weighted by Crippen LogP contribution is -2.21. The normalized spacial score (nSPS) is 16.2. The first-order valence-corrected chi connectivity index (χ1v) is 6.14. The number of rotatable bonds is 4. The van der Waals surface area contributed by atoms with Gasteiger partial charge in [0.1, 0.15) is 10.4 Å². The molecule has 5 heteroatoms. The van der Waals surface area contributed by atoms with Crippen LogP contribution in [0.4, 0.5) is 14.6 Å². The molecule has 1 fully saturated rings. The molecule has 0 radical (unpaired) electrons. The van der Waals surface area contributed by atoms with E-state index in [4.69, 9.17) is 0 Å². The van der Waals surface area contributed by atoms with Gasteiger partial charge in [-0.2, -0.15) is 0 Å². The molecule has 1 aromatic rings. The fourth-order valence-electron chi connectivity index (χ4n) is 1.68. The zero-order valence-electron chi connectivity index (χ0n) is 8.72. The molecular weight excluding hydrogens is 278 g/mol. The number of alkyl halides is 2. The Morgan fingerprint density at radius 2 is 2.19 bits per heavy atom. The summed E-state index contributed by atoms with van der Waals surface area (Å²) in [4.78, 5) is 4.12. The zero-order valence-corrected chi connectivity index (χ0v) is 10.3. The number of nitrogens with zero attached hydrogens (tertiary/aromatic N) is 1. The highest BCUT2D eigenvalue weighted by molar-refractivity contribution is 9.10.